The van der Waals surface area contributed by atoms with Crippen molar-refractivity contribution in [2.75, 3.05) is 32.1 Å². The van der Waals surface area contributed by atoms with E-state index in [1.54, 1.807) is 37.7 Å². The number of pyridine rings is 2. The first-order valence-corrected chi connectivity index (χ1v) is 17.3. The topological polar surface area (TPSA) is 140 Å². The highest BCUT2D eigenvalue weighted by molar-refractivity contribution is 5.91. The highest BCUT2D eigenvalue weighted by Gasteiger charge is 2.22. The number of benzene rings is 3. The van der Waals surface area contributed by atoms with Crippen molar-refractivity contribution in [2.45, 2.75) is 52.0 Å². The van der Waals surface area contributed by atoms with Crippen molar-refractivity contribution in [3.05, 3.63) is 113 Å². The molecule has 5 N–H and O–H groups in total. The molecule has 0 bridgehead atoms. The van der Waals surface area contributed by atoms with E-state index in [0.29, 0.717) is 42.3 Å². The van der Waals surface area contributed by atoms with Gasteiger partial charge in [-0.1, -0.05) is 42.5 Å². The molecule has 270 valence electrons. The summed E-state index contributed by atoms with van der Waals surface area (Å²) in [6, 6.07) is 21.2. The van der Waals surface area contributed by atoms with Crippen LogP contribution in [0.25, 0.3) is 33.9 Å². The first-order chi connectivity index (χ1) is 25.1. The average Bonchev–Trinajstić information content (AvgIpc) is 3.54. The highest BCUT2D eigenvalue weighted by atomic mass is 19.1. The monoisotopic (exact) mass is 705 g/mol. The summed E-state index contributed by atoms with van der Waals surface area (Å²) in [6.07, 6.45) is 4.18. The van der Waals surface area contributed by atoms with E-state index < -0.39 is 12.1 Å². The number of β-amino-alcohol motifs (C(OH)–C–C–N with tert-alkyl or cyclic N) is 1. The van der Waals surface area contributed by atoms with Crippen LogP contribution in [0.5, 0.6) is 5.75 Å². The van der Waals surface area contributed by atoms with E-state index in [2.05, 4.69) is 31.6 Å². The summed E-state index contributed by atoms with van der Waals surface area (Å²) in [5, 5.41) is 36.0. The maximum atomic E-state index is 15.8. The van der Waals surface area contributed by atoms with Gasteiger partial charge in [0.05, 0.1) is 25.7 Å². The quantitative estimate of drug-likeness (QED) is 0.0801. The summed E-state index contributed by atoms with van der Waals surface area (Å²) in [6.45, 7) is 6.70. The number of carboxylic acids is 1. The number of fused-ring (bicyclic) bond motifs is 1. The lowest BCUT2D eigenvalue weighted by Crippen LogP contribution is -2.28. The fourth-order valence-corrected chi connectivity index (χ4v) is 6.68. The van der Waals surface area contributed by atoms with Gasteiger partial charge in [0.1, 0.15) is 17.1 Å². The maximum absolute atomic E-state index is 15.8. The Hall–Kier alpha value is -5.20. The number of aliphatic hydroxyl groups excluding tert-OH is 2. The molecule has 0 unspecified atom stereocenters. The minimum absolute atomic E-state index is 0.159. The van der Waals surface area contributed by atoms with E-state index >= 15 is 4.39 Å². The number of aliphatic carboxylic acids is 1. The van der Waals surface area contributed by atoms with Gasteiger partial charge in [0.15, 0.2) is 5.82 Å². The Labute approximate surface area is 302 Å². The number of anilines is 2. The van der Waals surface area contributed by atoms with E-state index in [4.69, 9.17) is 9.84 Å². The molecule has 0 amide bonds. The Morgan fingerprint density at radius 1 is 1.08 bits per heavy atom. The second kappa shape index (κ2) is 16.4. The number of nitrogens with one attached hydrogen (secondary N) is 2. The molecule has 10 nitrogen and oxygen atoms in total. The SMILES string of the molecule is COc1cc(/C(F)=C/c2cccc(-c3cccc(Nc4nccc5cc(CNC[C@@H](O)CC(=O)O)cnc45)c3C)c2C)ccc1CN1CC[C@@H](O)C1. The number of ether oxygens (including phenoxy) is 1. The Morgan fingerprint density at radius 3 is 2.62 bits per heavy atom. The summed E-state index contributed by atoms with van der Waals surface area (Å²) in [5.74, 6) is -0.188. The Kier molecular flexibility index (Phi) is 11.6. The Morgan fingerprint density at radius 2 is 1.87 bits per heavy atom. The van der Waals surface area contributed by atoms with Crippen LogP contribution in [0, 0.1) is 13.8 Å². The third-order valence-electron chi connectivity index (χ3n) is 9.51. The van der Waals surface area contributed by atoms with Gasteiger partial charge in [0.2, 0.25) is 0 Å². The van der Waals surface area contributed by atoms with Gasteiger partial charge in [0, 0.05) is 67.3 Å². The molecule has 2 aromatic heterocycles. The molecular formula is C41H44FN5O5. The second-order valence-corrected chi connectivity index (χ2v) is 13.3. The molecule has 3 aromatic carbocycles. The number of methoxy groups -OCH3 is 1. The molecule has 0 aliphatic carbocycles. The summed E-state index contributed by atoms with van der Waals surface area (Å²) in [4.78, 5) is 22.2. The first-order valence-electron chi connectivity index (χ1n) is 17.3. The molecular weight excluding hydrogens is 661 g/mol. The number of hydrogen-bond acceptors (Lipinski definition) is 9. The minimum Gasteiger partial charge on any atom is -0.496 e. The number of hydrogen-bond donors (Lipinski definition) is 5. The zero-order valence-corrected chi connectivity index (χ0v) is 29.6. The van der Waals surface area contributed by atoms with Crippen molar-refractivity contribution in [1.82, 2.24) is 20.2 Å². The van der Waals surface area contributed by atoms with Crippen molar-refractivity contribution >= 4 is 40.3 Å². The van der Waals surface area contributed by atoms with Gasteiger partial charge in [-0.3, -0.25) is 14.7 Å². The van der Waals surface area contributed by atoms with Gasteiger partial charge in [-0.15, -0.1) is 0 Å². The number of carbonyl (C=O) groups is 1. The second-order valence-electron chi connectivity index (χ2n) is 13.3. The van der Waals surface area contributed by atoms with Gasteiger partial charge >= 0.3 is 5.97 Å². The molecule has 1 aliphatic rings. The zero-order chi connectivity index (χ0) is 36.8. The van der Waals surface area contributed by atoms with E-state index in [0.717, 1.165) is 63.0 Å². The number of carboxylic acid groups (broad SMARTS) is 1. The lowest BCUT2D eigenvalue weighted by molar-refractivity contribution is -0.139. The smallest absolute Gasteiger partial charge is 0.306 e. The largest absolute Gasteiger partial charge is 0.496 e. The third kappa shape index (κ3) is 8.63. The van der Waals surface area contributed by atoms with Crippen LogP contribution < -0.4 is 15.4 Å². The molecule has 5 aromatic rings. The molecule has 0 spiro atoms. The number of rotatable bonds is 14. The van der Waals surface area contributed by atoms with Crippen LogP contribution in [0.4, 0.5) is 15.9 Å². The van der Waals surface area contributed by atoms with Crippen LogP contribution in [0.1, 0.15) is 46.2 Å². The predicted molar refractivity (Wildman–Crippen MR) is 202 cm³/mol. The van der Waals surface area contributed by atoms with E-state index in [-0.39, 0.29) is 24.9 Å². The number of likely N-dealkylation sites (tertiary alicyclic amines) is 1. The maximum Gasteiger partial charge on any atom is 0.306 e. The molecule has 1 aliphatic heterocycles. The first kappa shape index (κ1) is 36.6. The normalized spacial score (nSPS) is 15.6. The van der Waals surface area contributed by atoms with Crippen LogP contribution in [-0.4, -0.2) is 75.1 Å². The van der Waals surface area contributed by atoms with Crippen LogP contribution in [0.15, 0.2) is 79.1 Å². The van der Waals surface area contributed by atoms with Crippen LogP contribution in [-0.2, 0) is 17.9 Å². The number of nitrogens with zero attached hydrogens (tertiary/aromatic N) is 3. The molecule has 52 heavy (non-hydrogen) atoms. The van der Waals surface area contributed by atoms with Gasteiger partial charge in [0.25, 0.3) is 0 Å². The Bertz CT molecular complexity index is 2100. The van der Waals surface area contributed by atoms with Crippen LogP contribution in [0.3, 0.4) is 0 Å². The Balaban J connectivity index is 1.20. The molecule has 1 saturated heterocycles. The highest BCUT2D eigenvalue weighted by Crippen LogP contribution is 2.36. The van der Waals surface area contributed by atoms with Crippen molar-refractivity contribution < 1.29 is 29.2 Å². The van der Waals surface area contributed by atoms with E-state index in [1.807, 2.05) is 62.4 Å². The van der Waals surface area contributed by atoms with Crippen molar-refractivity contribution in [3.63, 3.8) is 0 Å². The number of aliphatic hydroxyl groups is 2. The molecule has 11 heteroatoms. The molecule has 1 fully saturated rings. The standard InChI is InChI=1S/C41H44FN5O5/c1-25-28(17-36(42)29-10-11-31(38(18-29)52-3)23-47-15-13-32(48)24-47)6-4-7-34(25)35-8-5-9-37(26(35)2)46-41-40-30(12-14-44-41)16-27(21-45-40)20-43-22-33(49)19-39(50)51/h4-12,14,16-18,21,32-33,43,48-49H,13,15,19-20,22-24H2,1-3H3,(H,44,46)(H,50,51)/b36-17-/t32-,33+/m1/s1. The summed E-state index contributed by atoms with van der Waals surface area (Å²) >= 11 is 0. The van der Waals surface area contributed by atoms with Gasteiger partial charge in [-0.05, 0) is 84.0 Å². The van der Waals surface area contributed by atoms with Crippen LogP contribution >= 0.6 is 0 Å². The molecule has 6 rings (SSSR count). The summed E-state index contributed by atoms with van der Waals surface area (Å²) < 4.78 is 21.4. The lowest BCUT2D eigenvalue weighted by Gasteiger charge is -2.18. The summed E-state index contributed by atoms with van der Waals surface area (Å²) in [5.41, 5.74) is 8.53. The summed E-state index contributed by atoms with van der Waals surface area (Å²) in [7, 11) is 1.59. The van der Waals surface area contributed by atoms with Crippen molar-refractivity contribution in [2.24, 2.45) is 0 Å². The third-order valence-corrected chi connectivity index (χ3v) is 9.51. The molecule has 3 heterocycles. The fourth-order valence-electron chi connectivity index (χ4n) is 6.68. The van der Waals surface area contributed by atoms with Gasteiger partial charge < -0.3 is 30.7 Å². The fraction of sp³-hybridized carbons (Fsp3) is 0.293. The number of halogens is 1. The average molecular weight is 706 g/mol. The van der Waals surface area contributed by atoms with Crippen molar-refractivity contribution in [3.8, 4) is 16.9 Å². The molecule has 0 radical (unpaired) electrons. The lowest BCUT2D eigenvalue weighted by atomic mass is 9.92. The predicted octanol–water partition coefficient (Wildman–Crippen LogP) is 6.63. The van der Waals surface area contributed by atoms with E-state index in [9.17, 15) is 15.0 Å². The van der Waals surface area contributed by atoms with Gasteiger partial charge in [-0.2, -0.15) is 0 Å². The van der Waals surface area contributed by atoms with Crippen LogP contribution in [0.2, 0.25) is 0 Å². The van der Waals surface area contributed by atoms with Gasteiger partial charge in [-0.25, -0.2) is 9.37 Å². The van der Waals surface area contributed by atoms with Crippen molar-refractivity contribution in [1.29, 1.82) is 0 Å². The van der Waals surface area contributed by atoms with E-state index in [1.165, 1.54) is 0 Å². The molecule has 2 atom stereocenters. The zero-order valence-electron chi connectivity index (χ0n) is 29.6. The minimum atomic E-state index is -1.04. The molecule has 0 saturated carbocycles. The number of aromatic nitrogens is 2.